The van der Waals surface area contributed by atoms with Crippen molar-refractivity contribution < 1.29 is 9.47 Å². The van der Waals surface area contributed by atoms with Gasteiger partial charge in [-0.2, -0.15) is 0 Å². The van der Waals surface area contributed by atoms with Crippen LogP contribution in [0.5, 0.6) is 0 Å². The van der Waals surface area contributed by atoms with E-state index in [9.17, 15) is 0 Å². The summed E-state index contributed by atoms with van der Waals surface area (Å²) in [6, 6.07) is 0. The molecule has 1 aromatic heterocycles. The Balaban J connectivity index is 2.31. The molecule has 0 unspecified atom stereocenters. The molecule has 0 fully saturated rings. The van der Waals surface area contributed by atoms with E-state index in [1.165, 1.54) is 51.8 Å². The van der Waals surface area contributed by atoms with E-state index in [2.05, 4.69) is 25.8 Å². The Morgan fingerprint density at radius 1 is 0.957 bits per heavy atom. The van der Waals surface area contributed by atoms with Crippen molar-refractivity contribution in [2.75, 3.05) is 0 Å². The fraction of sp³-hybridized carbons (Fsp3) is 0.722. The Morgan fingerprint density at radius 3 is 1.96 bits per heavy atom. The third kappa shape index (κ3) is 4.88. The van der Waals surface area contributed by atoms with Crippen LogP contribution in [-0.2, 0) is 9.47 Å². The van der Waals surface area contributed by atoms with Gasteiger partial charge in [-0.25, -0.2) is 0 Å². The summed E-state index contributed by atoms with van der Waals surface area (Å²) in [5, 5.41) is 0. The average molecular weight is 444 g/mol. The Morgan fingerprint density at radius 2 is 1.48 bits per heavy atom. The first kappa shape index (κ1) is 19.1. The van der Waals surface area contributed by atoms with E-state index < -0.39 is 18.4 Å². The van der Waals surface area contributed by atoms with E-state index in [4.69, 9.17) is 9.47 Å². The molecule has 1 aliphatic heterocycles. The molecule has 2 rings (SSSR count). The van der Waals surface area contributed by atoms with E-state index >= 15 is 0 Å². The normalized spacial score (nSPS) is 14.9. The molecule has 0 bridgehead atoms. The monoisotopic (exact) mass is 445 g/mol. The first-order chi connectivity index (χ1) is 11.3. The zero-order valence-electron chi connectivity index (χ0n) is 14.8. The molecule has 3 nitrogen and oxygen atoms in total. The van der Waals surface area contributed by atoms with Gasteiger partial charge < -0.3 is 0 Å². The second kappa shape index (κ2) is 9.92. The molecule has 0 amide bonds. The first-order valence-electron chi connectivity index (χ1n) is 9.17. The Bertz CT molecular complexity index is 459. The Labute approximate surface area is 149 Å². The van der Waals surface area contributed by atoms with Gasteiger partial charge in [0.2, 0.25) is 0 Å². The van der Waals surface area contributed by atoms with Gasteiger partial charge in [0.1, 0.15) is 0 Å². The third-order valence-electron chi connectivity index (χ3n) is 4.79. The number of nitrogens with zero attached hydrogens (tertiary/aromatic N) is 1. The average Bonchev–Trinajstić information content (AvgIpc) is 3.25. The maximum absolute atomic E-state index is 5.62. The molecule has 0 aromatic carbocycles. The summed E-state index contributed by atoms with van der Waals surface area (Å²) in [4.78, 5) is 4.67. The molecule has 1 aliphatic rings. The molecule has 0 spiro atoms. The van der Waals surface area contributed by atoms with Crippen LogP contribution in [0.2, 0.25) is 13.3 Å². The molecular weight excluding hydrogens is 413 g/mol. The second-order valence-corrected chi connectivity index (χ2v) is 21.4. The molecule has 5 heteroatoms. The SMILES string of the molecule is CCC[CH2][Sn]([CH2]CCC)([CH2]CCC)[c]1scnc1C1OC=CO1. The minimum absolute atomic E-state index is 0.294. The van der Waals surface area contributed by atoms with Gasteiger partial charge in [-0.15, -0.1) is 0 Å². The fourth-order valence-electron chi connectivity index (χ4n) is 3.45. The molecule has 23 heavy (non-hydrogen) atoms. The summed E-state index contributed by atoms with van der Waals surface area (Å²) in [5.74, 6) is 0. The van der Waals surface area contributed by atoms with Gasteiger partial charge in [0, 0.05) is 0 Å². The quantitative estimate of drug-likeness (QED) is 0.410. The number of rotatable bonds is 11. The molecule has 0 aliphatic carbocycles. The van der Waals surface area contributed by atoms with Crippen molar-refractivity contribution >= 4 is 32.6 Å². The van der Waals surface area contributed by atoms with E-state index in [0.717, 1.165) is 5.69 Å². The fourth-order valence-corrected chi connectivity index (χ4v) is 23.9. The van der Waals surface area contributed by atoms with Crippen molar-refractivity contribution in [3.8, 4) is 0 Å². The Hall–Kier alpha value is -0.231. The van der Waals surface area contributed by atoms with Crippen LogP contribution in [0.4, 0.5) is 0 Å². The van der Waals surface area contributed by atoms with Gasteiger partial charge >= 0.3 is 150 Å². The summed E-state index contributed by atoms with van der Waals surface area (Å²) < 4.78 is 17.2. The van der Waals surface area contributed by atoms with Gasteiger partial charge in [-0.05, 0) is 0 Å². The van der Waals surface area contributed by atoms with E-state index in [-0.39, 0.29) is 6.29 Å². The molecule has 0 N–H and O–H groups in total. The van der Waals surface area contributed by atoms with Crippen LogP contribution >= 0.6 is 11.3 Å². The van der Waals surface area contributed by atoms with E-state index in [0.29, 0.717) is 0 Å². The Kier molecular flexibility index (Phi) is 8.24. The zero-order chi connectivity index (χ0) is 16.5. The van der Waals surface area contributed by atoms with Crippen LogP contribution in [0.1, 0.15) is 71.3 Å². The zero-order valence-corrected chi connectivity index (χ0v) is 18.5. The number of hydrogen-bond acceptors (Lipinski definition) is 4. The molecule has 1 aromatic rings. The van der Waals surface area contributed by atoms with Gasteiger partial charge in [0.15, 0.2) is 0 Å². The van der Waals surface area contributed by atoms with Crippen molar-refractivity contribution in [3.63, 3.8) is 0 Å². The standard InChI is InChI=1S/C6H4NO2S.3C4H9.Sn/c1-2-9-6(8-1)5-3-10-4-7-5;3*1-3-4-2;/h1-2,4,6H;3*1,3-4H2,2H3;. The molecule has 2 heterocycles. The van der Waals surface area contributed by atoms with Gasteiger partial charge in [-0.1, -0.05) is 0 Å². The van der Waals surface area contributed by atoms with Gasteiger partial charge in [-0.3, -0.25) is 0 Å². The van der Waals surface area contributed by atoms with Crippen LogP contribution in [0.3, 0.4) is 0 Å². The predicted octanol–water partition coefficient (Wildman–Crippen LogP) is 5.72. The first-order valence-corrected chi connectivity index (χ1v) is 17.5. The summed E-state index contributed by atoms with van der Waals surface area (Å²) in [6.07, 6.45) is 11.0. The number of unbranched alkanes of at least 4 members (excludes halogenated alkanes) is 3. The topological polar surface area (TPSA) is 31.4 Å². The number of thiazole rings is 1. The van der Waals surface area contributed by atoms with Crippen molar-refractivity contribution in [2.45, 2.75) is 78.9 Å². The molecular formula is C18H31NO2SSn. The van der Waals surface area contributed by atoms with Crippen molar-refractivity contribution in [1.29, 1.82) is 0 Å². The van der Waals surface area contributed by atoms with Crippen LogP contribution < -0.4 is 2.89 Å². The summed E-state index contributed by atoms with van der Waals surface area (Å²) in [7, 11) is 0. The van der Waals surface area contributed by atoms with Crippen LogP contribution in [0.25, 0.3) is 0 Å². The summed E-state index contributed by atoms with van der Waals surface area (Å²) in [5.41, 5.74) is 3.12. The predicted molar refractivity (Wildman–Crippen MR) is 101 cm³/mol. The summed E-state index contributed by atoms with van der Waals surface area (Å²) >= 11 is -0.543. The third-order valence-corrected chi connectivity index (χ3v) is 24.1. The van der Waals surface area contributed by atoms with Crippen molar-refractivity contribution in [3.05, 3.63) is 23.7 Å². The minimum atomic E-state index is -2.43. The number of hydrogen-bond donors (Lipinski definition) is 0. The van der Waals surface area contributed by atoms with E-state index in [1.54, 1.807) is 15.4 Å². The molecule has 0 saturated carbocycles. The van der Waals surface area contributed by atoms with Gasteiger partial charge in [0.25, 0.3) is 0 Å². The number of aromatic nitrogens is 1. The van der Waals surface area contributed by atoms with Gasteiger partial charge in [0.05, 0.1) is 0 Å². The maximum atomic E-state index is 5.62. The molecule has 130 valence electrons. The number of ether oxygens (including phenoxy) is 2. The second-order valence-electron chi connectivity index (χ2n) is 6.53. The van der Waals surface area contributed by atoms with Crippen LogP contribution in [0.15, 0.2) is 18.0 Å². The summed E-state index contributed by atoms with van der Waals surface area (Å²) in [6.45, 7) is 6.95. The molecule has 0 atom stereocenters. The van der Waals surface area contributed by atoms with Crippen molar-refractivity contribution in [1.82, 2.24) is 4.98 Å². The molecule has 0 radical (unpaired) electrons. The van der Waals surface area contributed by atoms with Crippen LogP contribution in [0, 0.1) is 0 Å². The van der Waals surface area contributed by atoms with E-state index in [1.807, 2.05) is 16.8 Å². The van der Waals surface area contributed by atoms with Crippen LogP contribution in [-0.4, -0.2) is 23.4 Å². The molecule has 0 saturated heterocycles. The van der Waals surface area contributed by atoms with Crippen molar-refractivity contribution in [2.24, 2.45) is 0 Å².